The second kappa shape index (κ2) is 5.25. The molecule has 0 nitrogen and oxygen atoms in total. The standard InChI is InChI=1S/C15H12ClF3/c1-8-3-4-10(13(18)5-8)15(16)11-7-12(17)9(2)6-14(11)19/h3-7,15H,1-2H3. The molecular formula is C15H12ClF3. The highest BCUT2D eigenvalue weighted by Gasteiger charge is 2.20. The van der Waals surface area contributed by atoms with Crippen LogP contribution in [0.15, 0.2) is 30.3 Å². The summed E-state index contributed by atoms with van der Waals surface area (Å²) in [4.78, 5) is 0. The van der Waals surface area contributed by atoms with Crippen LogP contribution in [0.4, 0.5) is 13.2 Å². The van der Waals surface area contributed by atoms with Gasteiger partial charge in [-0.25, -0.2) is 13.2 Å². The third kappa shape index (κ3) is 2.76. The van der Waals surface area contributed by atoms with Gasteiger partial charge in [0.15, 0.2) is 0 Å². The maximum Gasteiger partial charge on any atom is 0.128 e. The van der Waals surface area contributed by atoms with Crippen molar-refractivity contribution >= 4 is 11.6 Å². The van der Waals surface area contributed by atoms with Crippen molar-refractivity contribution in [2.24, 2.45) is 0 Å². The zero-order chi connectivity index (χ0) is 14.2. The lowest BCUT2D eigenvalue weighted by Crippen LogP contribution is -2.02. The van der Waals surface area contributed by atoms with Gasteiger partial charge in [0, 0.05) is 11.1 Å². The molecule has 0 aliphatic heterocycles. The molecule has 1 unspecified atom stereocenters. The van der Waals surface area contributed by atoms with Crippen LogP contribution in [-0.4, -0.2) is 0 Å². The molecule has 2 aromatic rings. The Balaban J connectivity index is 2.49. The maximum atomic E-state index is 13.8. The number of rotatable bonds is 2. The molecule has 0 fully saturated rings. The third-order valence-corrected chi connectivity index (χ3v) is 3.45. The molecule has 0 spiro atoms. The highest BCUT2D eigenvalue weighted by Crippen LogP contribution is 2.33. The van der Waals surface area contributed by atoms with Crippen LogP contribution in [0.25, 0.3) is 0 Å². The number of halogens is 4. The minimum atomic E-state index is -1.06. The number of aryl methyl sites for hydroxylation is 2. The molecule has 2 aromatic carbocycles. The Labute approximate surface area is 114 Å². The van der Waals surface area contributed by atoms with E-state index < -0.39 is 22.8 Å². The summed E-state index contributed by atoms with van der Waals surface area (Å²) in [7, 11) is 0. The van der Waals surface area contributed by atoms with E-state index in [0.717, 1.165) is 17.7 Å². The summed E-state index contributed by atoms with van der Waals surface area (Å²) in [5, 5.41) is -1.06. The minimum absolute atomic E-state index is 0.0625. The molecule has 0 radical (unpaired) electrons. The van der Waals surface area contributed by atoms with Crippen LogP contribution < -0.4 is 0 Å². The number of alkyl halides is 1. The van der Waals surface area contributed by atoms with Gasteiger partial charge in [0.25, 0.3) is 0 Å². The first kappa shape index (κ1) is 13.9. The second-order valence-corrected chi connectivity index (χ2v) is 4.95. The average Bonchev–Trinajstić information content (AvgIpc) is 2.33. The van der Waals surface area contributed by atoms with Crippen molar-refractivity contribution in [2.75, 3.05) is 0 Å². The maximum absolute atomic E-state index is 13.8. The number of hydrogen-bond acceptors (Lipinski definition) is 0. The van der Waals surface area contributed by atoms with E-state index in [1.54, 1.807) is 13.0 Å². The smallest absolute Gasteiger partial charge is 0.128 e. The normalized spacial score (nSPS) is 12.5. The summed E-state index contributed by atoms with van der Waals surface area (Å²) in [5.74, 6) is -1.73. The van der Waals surface area contributed by atoms with Crippen molar-refractivity contribution in [1.29, 1.82) is 0 Å². The molecule has 0 amide bonds. The first-order chi connectivity index (χ1) is 8.90. The minimum Gasteiger partial charge on any atom is -0.207 e. The molecule has 100 valence electrons. The van der Waals surface area contributed by atoms with E-state index in [9.17, 15) is 13.2 Å². The summed E-state index contributed by atoms with van der Waals surface area (Å²) in [5.41, 5.74) is 0.997. The van der Waals surface area contributed by atoms with Crippen LogP contribution in [-0.2, 0) is 0 Å². The van der Waals surface area contributed by atoms with Gasteiger partial charge in [-0.15, -0.1) is 11.6 Å². The number of benzene rings is 2. The van der Waals surface area contributed by atoms with Crippen molar-refractivity contribution in [3.8, 4) is 0 Å². The molecule has 0 bridgehead atoms. The molecule has 19 heavy (non-hydrogen) atoms. The highest BCUT2D eigenvalue weighted by atomic mass is 35.5. The van der Waals surface area contributed by atoms with E-state index in [-0.39, 0.29) is 16.7 Å². The van der Waals surface area contributed by atoms with Gasteiger partial charge in [-0.1, -0.05) is 12.1 Å². The fraction of sp³-hybridized carbons (Fsp3) is 0.200. The molecule has 0 saturated carbocycles. The summed E-state index contributed by atoms with van der Waals surface area (Å²) in [6.07, 6.45) is 0. The lowest BCUT2D eigenvalue weighted by Gasteiger charge is -2.13. The Bertz CT molecular complexity index is 623. The predicted octanol–water partition coefficient (Wildman–Crippen LogP) is 5.05. The van der Waals surface area contributed by atoms with Gasteiger partial charge in [-0.3, -0.25) is 0 Å². The van der Waals surface area contributed by atoms with Crippen LogP contribution in [0.2, 0.25) is 0 Å². The van der Waals surface area contributed by atoms with Gasteiger partial charge in [0.2, 0.25) is 0 Å². The topological polar surface area (TPSA) is 0 Å². The summed E-state index contributed by atoms with van der Waals surface area (Å²) < 4.78 is 41.1. The third-order valence-electron chi connectivity index (χ3n) is 2.98. The quantitative estimate of drug-likeness (QED) is 0.677. The molecule has 0 aliphatic carbocycles. The van der Waals surface area contributed by atoms with Crippen molar-refractivity contribution in [3.05, 3.63) is 70.0 Å². The van der Waals surface area contributed by atoms with Crippen LogP contribution >= 0.6 is 11.6 Å². The molecule has 2 rings (SSSR count). The van der Waals surface area contributed by atoms with Crippen LogP contribution in [0.5, 0.6) is 0 Å². The SMILES string of the molecule is Cc1ccc(C(Cl)c2cc(F)c(C)cc2F)c(F)c1. The Hall–Kier alpha value is -1.48. The van der Waals surface area contributed by atoms with E-state index in [4.69, 9.17) is 11.6 Å². The monoisotopic (exact) mass is 284 g/mol. The lowest BCUT2D eigenvalue weighted by atomic mass is 10.0. The molecule has 1 atom stereocenters. The highest BCUT2D eigenvalue weighted by molar-refractivity contribution is 6.22. The summed E-state index contributed by atoms with van der Waals surface area (Å²) >= 11 is 6.07. The fourth-order valence-electron chi connectivity index (χ4n) is 1.86. The van der Waals surface area contributed by atoms with Crippen LogP contribution in [0.1, 0.15) is 27.6 Å². The van der Waals surface area contributed by atoms with Gasteiger partial charge in [0.1, 0.15) is 17.5 Å². The van der Waals surface area contributed by atoms with Gasteiger partial charge in [-0.2, -0.15) is 0 Å². The largest absolute Gasteiger partial charge is 0.207 e. The van der Waals surface area contributed by atoms with Crippen molar-refractivity contribution in [2.45, 2.75) is 19.2 Å². The van der Waals surface area contributed by atoms with Gasteiger partial charge < -0.3 is 0 Å². The Morgan fingerprint density at radius 2 is 1.47 bits per heavy atom. The fourth-order valence-corrected chi connectivity index (χ4v) is 2.21. The van der Waals surface area contributed by atoms with E-state index in [1.807, 2.05) is 0 Å². The van der Waals surface area contributed by atoms with E-state index in [1.165, 1.54) is 19.1 Å². The zero-order valence-corrected chi connectivity index (χ0v) is 11.2. The lowest BCUT2D eigenvalue weighted by molar-refractivity contribution is 0.574. The first-order valence-electron chi connectivity index (χ1n) is 5.76. The Kier molecular flexibility index (Phi) is 3.85. The van der Waals surface area contributed by atoms with Crippen molar-refractivity contribution in [3.63, 3.8) is 0 Å². The number of hydrogen-bond donors (Lipinski definition) is 0. The molecule has 4 heteroatoms. The first-order valence-corrected chi connectivity index (χ1v) is 6.19. The zero-order valence-electron chi connectivity index (χ0n) is 10.5. The molecule has 0 N–H and O–H groups in total. The average molecular weight is 285 g/mol. The van der Waals surface area contributed by atoms with E-state index >= 15 is 0 Å². The molecule has 0 saturated heterocycles. The van der Waals surface area contributed by atoms with Crippen LogP contribution in [0.3, 0.4) is 0 Å². The van der Waals surface area contributed by atoms with Gasteiger partial charge in [0.05, 0.1) is 5.38 Å². The Morgan fingerprint density at radius 3 is 2.11 bits per heavy atom. The molecule has 0 aromatic heterocycles. The predicted molar refractivity (Wildman–Crippen MR) is 69.9 cm³/mol. The molecule has 0 heterocycles. The summed E-state index contributed by atoms with van der Waals surface area (Å²) in [6.45, 7) is 3.19. The van der Waals surface area contributed by atoms with Crippen LogP contribution in [0, 0.1) is 31.3 Å². The Morgan fingerprint density at radius 1 is 0.842 bits per heavy atom. The van der Waals surface area contributed by atoms with E-state index in [0.29, 0.717) is 0 Å². The molecular weight excluding hydrogens is 273 g/mol. The van der Waals surface area contributed by atoms with Gasteiger partial charge >= 0.3 is 0 Å². The van der Waals surface area contributed by atoms with Crippen molar-refractivity contribution in [1.82, 2.24) is 0 Å². The van der Waals surface area contributed by atoms with Gasteiger partial charge in [-0.05, 0) is 43.2 Å². The molecule has 0 aliphatic rings. The van der Waals surface area contributed by atoms with E-state index in [2.05, 4.69) is 0 Å². The summed E-state index contributed by atoms with van der Waals surface area (Å²) in [6, 6.07) is 6.55. The van der Waals surface area contributed by atoms with Crippen molar-refractivity contribution < 1.29 is 13.2 Å². The second-order valence-electron chi connectivity index (χ2n) is 4.51.